The van der Waals surface area contributed by atoms with Crippen molar-refractivity contribution in [2.45, 2.75) is 6.92 Å². The highest BCUT2D eigenvalue weighted by atomic mass is 16.5. The summed E-state index contributed by atoms with van der Waals surface area (Å²) in [6.07, 6.45) is -0.313. The van der Waals surface area contributed by atoms with Crippen LogP contribution in [-0.4, -0.2) is 55.2 Å². The summed E-state index contributed by atoms with van der Waals surface area (Å²) >= 11 is 0. The molecule has 0 saturated carbocycles. The van der Waals surface area contributed by atoms with Gasteiger partial charge in [-0.1, -0.05) is 0 Å². The predicted molar refractivity (Wildman–Crippen MR) is 49.4 cm³/mol. The largest absolute Gasteiger partial charge is 0.453 e. The van der Waals surface area contributed by atoms with E-state index in [1.165, 1.54) is 14.0 Å². The average molecular weight is 201 g/mol. The topological polar surface area (TPSA) is 61.9 Å². The maximum Gasteiger partial charge on any atom is 0.409 e. The highest BCUT2D eigenvalue weighted by Crippen LogP contribution is 2.00. The van der Waals surface area contributed by atoms with Gasteiger partial charge in [-0.05, 0) is 0 Å². The van der Waals surface area contributed by atoms with Gasteiger partial charge >= 0.3 is 6.09 Å². The molecule has 0 aromatic carbocycles. The van der Waals surface area contributed by atoms with E-state index in [-0.39, 0.29) is 12.0 Å². The Labute approximate surface area is 82.8 Å². The number of hydrogen-bond acceptors (Lipinski definition) is 4. The van der Waals surface area contributed by atoms with Gasteiger partial charge in [0.2, 0.25) is 5.91 Å². The first-order valence-corrected chi connectivity index (χ1v) is 4.48. The van der Waals surface area contributed by atoms with Crippen molar-refractivity contribution in [2.75, 3.05) is 33.3 Å². The summed E-state index contributed by atoms with van der Waals surface area (Å²) in [5, 5.41) is 1.79. The molecule has 0 unspecified atom stereocenters. The third-order valence-electron chi connectivity index (χ3n) is 2.03. The Morgan fingerprint density at radius 3 is 2.21 bits per heavy atom. The molecule has 1 rings (SSSR count). The second-order valence-corrected chi connectivity index (χ2v) is 3.11. The van der Waals surface area contributed by atoms with Crippen LogP contribution < -0.4 is 5.43 Å². The molecule has 1 saturated heterocycles. The van der Waals surface area contributed by atoms with Gasteiger partial charge in [0.15, 0.2) is 0 Å². The fourth-order valence-corrected chi connectivity index (χ4v) is 1.35. The summed E-state index contributed by atoms with van der Waals surface area (Å²) in [5.41, 5.74) is 2.67. The van der Waals surface area contributed by atoms with E-state index in [4.69, 9.17) is 0 Å². The van der Waals surface area contributed by atoms with Crippen molar-refractivity contribution in [1.29, 1.82) is 0 Å². The molecule has 0 aromatic rings. The van der Waals surface area contributed by atoms with Gasteiger partial charge in [0.1, 0.15) is 0 Å². The minimum Gasteiger partial charge on any atom is -0.453 e. The molecule has 6 nitrogen and oxygen atoms in total. The number of ether oxygens (including phenoxy) is 1. The Kier molecular flexibility index (Phi) is 3.70. The standard InChI is InChI=1S/C8H15N3O3/c1-7(12)9-11-5-3-10(4-6-11)8(13)14-2/h3-6H2,1-2H3,(H,9,12). The summed E-state index contributed by atoms with van der Waals surface area (Å²) in [7, 11) is 1.36. The predicted octanol–water partition coefficient (Wildman–Crippen LogP) is -0.578. The van der Waals surface area contributed by atoms with Crippen LogP contribution in [0.4, 0.5) is 4.79 Å². The molecule has 1 fully saturated rings. The molecule has 0 aliphatic carbocycles. The van der Waals surface area contributed by atoms with E-state index in [1.54, 1.807) is 9.91 Å². The second kappa shape index (κ2) is 4.80. The number of hydrogen-bond donors (Lipinski definition) is 1. The molecular weight excluding hydrogens is 186 g/mol. The van der Waals surface area contributed by atoms with Crippen LogP contribution >= 0.6 is 0 Å². The van der Waals surface area contributed by atoms with E-state index in [0.29, 0.717) is 26.2 Å². The molecule has 1 N–H and O–H groups in total. The molecule has 1 aliphatic heterocycles. The van der Waals surface area contributed by atoms with Gasteiger partial charge < -0.3 is 9.64 Å². The molecular formula is C8H15N3O3. The highest BCUT2D eigenvalue weighted by molar-refractivity contribution is 5.72. The van der Waals surface area contributed by atoms with E-state index in [1.807, 2.05) is 0 Å². The highest BCUT2D eigenvalue weighted by Gasteiger charge is 2.21. The number of nitrogens with zero attached hydrogens (tertiary/aromatic N) is 2. The molecule has 0 atom stereocenters. The third kappa shape index (κ3) is 2.88. The monoisotopic (exact) mass is 201 g/mol. The van der Waals surface area contributed by atoms with Crippen LogP contribution in [0.3, 0.4) is 0 Å². The molecule has 1 aliphatic rings. The zero-order valence-corrected chi connectivity index (χ0v) is 8.45. The van der Waals surface area contributed by atoms with Crippen LogP contribution in [0.15, 0.2) is 0 Å². The van der Waals surface area contributed by atoms with E-state index in [9.17, 15) is 9.59 Å². The zero-order chi connectivity index (χ0) is 10.6. The molecule has 1 heterocycles. The lowest BCUT2D eigenvalue weighted by Gasteiger charge is -2.33. The lowest BCUT2D eigenvalue weighted by molar-refractivity contribution is -0.124. The van der Waals surface area contributed by atoms with Gasteiger partial charge in [0, 0.05) is 33.1 Å². The number of amides is 2. The van der Waals surface area contributed by atoms with Crippen LogP contribution in [0.25, 0.3) is 0 Å². The Balaban J connectivity index is 2.31. The smallest absolute Gasteiger partial charge is 0.409 e. The minimum atomic E-state index is -0.313. The Morgan fingerprint density at radius 1 is 1.21 bits per heavy atom. The number of rotatable bonds is 1. The first-order valence-electron chi connectivity index (χ1n) is 4.48. The van der Waals surface area contributed by atoms with Gasteiger partial charge in [-0.25, -0.2) is 9.80 Å². The fraction of sp³-hybridized carbons (Fsp3) is 0.750. The molecule has 0 radical (unpaired) electrons. The van der Waals surface area contributed by atoms with Crippen molar-refractivity contribution in [3.63, 3.8) is 0 Å². The van der Waals surface area contributed by atoms with Crippen molar-refractivity contribution < 1.29 is 14.3 Å². The van der Waals surface area contributed by atoms with Gasteiger partial charge in [0.25, 0.3) is 0 Å². The first kappa shape index (κ1) is 10.8. The van der Waals surface area contributed by atoms with Crippen molar-refractivity contribution >= 4 is 12.0 Å². The SMILES string of the molecule is COC(=O)N1CCN(NC(C)=O)CC1. The van der Waals surface area contributed by atoms with E-state index < -0.39 is 0 Å². The summed E-state index contributed by atoms with van der Waals surface area (Å²) in [6, 6.07) is 0. The van der Waals surface area contributed by atoms with Crippen LogP contribution in [0.1, 0.15) is 6.92 Å². The van der Waals surface area contributed by atoms with Gasteiger partial charge in [-0.3, -0.25) is 10.2 Å². The third-order valence-corrected chi connectivity index (χ3v) is 2.03. The summed E-state index contributed by atoms with van der Waals surface area (Å²) in [4.78, 5) is 23.4. The average Bonchev–Trinajstić information content (AvgIpc) is 2.17. The van der Waals surface area contributed by atoms with Crippen molar-refractivity contribution in [2.24, 2.45) is 0 Å². The van der Waals surface area contributed by atoms with E-state index >= 15 is 0 Å². The second-order valence-electron chi connectivity index (χ2n) is 3.11. The number of carbonyl (C=O) groups is 2. The van der Waals surface area contributed by atoms with E-state index in [2.05, 4.69) is 10.2 Å². The Morgan fingerprint density at radius 2 is 1.79 bits per heavy atom. The zero-order valence-electron chi connectivity index (χ0n) is 8.45. The first-order chi connectivity index (χ1) is 6.63. The molecule has 0 spiro atoms. The van der Waals surface area contributed by atoms with Gasteiger partial charge in [-0.15, -0.1) is 0 Å². The van der Waals surface area contributed by atoms with Crippen LogP contribution in [0.5, 0.6) is 0 Å². The number of piperazine rings is 1. The maximum atomic E-state index is 11.1. The Hall–Kier alpha value is -1.30. The lowest BCUT2D eigenvalue weighted by atomic mass is 10.4. The number of hydrazine groups is 1. The van der Waals surface area contributed by atoms with Crippen LogP contribution in [0, 0.1) is 0 Å². The summed E-state index contributed by atoms with van der Waals surface area (Å²) < 4.78 is 4.59. The maximum absolute atomic E-state index is 11.1. The Bertz CT molecular complexity index is 224. The van der Waals surface area contributed by atoms with Crippen molar-refractivity contribution in [1.82, 2.24) is 15.3 Å². The molecule has 14 heavy (non-hydrogen) atoms. The summed E-state index contributed by atoms with van der Waals surface area (Å²) in [5.74, 6) is -0.0866. The normalized spacial score (nSPS) is 17.7. The van der Waals surface area contributed by atoms with Crippen LogP contribution in [0.2, 0.25) is 0 Å². The summed E-state index contributed by atoms with van der Waals surface area (Å²) in [6.45, 7) is 3.88. The molecule has 6 heteroatoms. The van der Waals surface area contributed by atoms with Crippen LogP contribution in [-0.2, 0) is 9.53 Å². The number of carbonyl (C=O) groups excluding carboxylic acids is 2. The quantitative estimate of drug-likeness (QED) is 0.616. The molecule has 2 amide bonds. The van der Waals surface area contributed by atoms with Crippen molar-refractivity contribution in [3.8, 4) is 0 Å². The lowest BCUT2D eigenvalue weighted by Crippen LogP contribution is -2.54. The molecule has 0 bridgehead atoms. The van der Waals surface area contributed by atoms with Gasteiger partial charge in [0.05, 0.1) is 7.11 Å². The molecule has 80 valence electrons. The number of nitrogens with one attached hydrogen (secondary N) is 1. The molecule has 0 aromatic heterocycles. The number of methoxy groups -OCH3 is 1. The van der Waals surface area contributed by atoms with E-state index in [0.717, 1.165) is 0 Å². The van der Waals surface area contributed by atoms with Crippen molar-refractivity contribution in [3.05, 3.63) is 0 Å². The fourth-order valence-electron chi connectivity index (χ4n) is 1.35. The van der Waals surface area contributed by atoms with Gasteiger partial charge in [-0.2, -0.15) is 0 Å². The minimum absolute atomic E-state index is 0.0866.